The Balaban J connectivity index is 4.15. The SMILES string of the molecule is COC(C)C(C)N[C@@H](C)C(=O)OC(C)(C)C. The molecule has 16 heavy (non-hydrogen) atoms. The number of carbonyl (C=O) groups is 1. The van der Waals surface area contributed by atoms with E-state index in [4.69, 9.17) is 9.47 Å². The van der Waals surface area contributed by atoms with Crippen LogP contribution >= 0.6 is 0 Å². The van der Waals surface area contributed by atoms with Crippen LogP contribution in [0.2, 0.25) is 0 Å². The molecule has 2 unspecified atom stereocenters. The number of ether oxygens (including phenoxy) is 2. The number of hydrogen-bond donors (Lipinski definition) is 1. The Bertz CT molecular complexity index is 223. The molecule has 96 valence electrons. The molecule has 0 aromatic rings. The molecule has 0 heterocycles. The van der Waals surface area contributed by atoms with Crippen molar-refractivity contribution < 1.29 is 14.3 Å². The summed E-state index contributed by atoms with van der Waals surface area (Å²) in [6.07, 6.45) is 0.0601. The molecule has 0 aliphatic carbocycles. The fraction of sp³-hybridized carbons (Fsp3) is 0.917. The van der Waals surface area contributed by atoms with Crippen LogP contribution in [-0.4, -0.2) is 36.9 Å². The largest absolute Gasteiger partial charge is 0.459 e. The van der Waals surface area contributed by atoms with Crippen LogP contribution in [0.5, 0.6) is 0 Å². The third-order valence-corrected chi connectivity index (χ3v) is 2.35. The lowest BCUT2D eigenvalue weighted by Crippen LogP contribution is -2.47. The van der Waals surface area contributed by atoms with Gasteiger partial charge in [-0.05, 0) is 41.5 Å². The summed E-state index contributed by atoms with van der Waals surface area (Å²) in [5, 5.41) is 3.15. The quantitative estimate of drug-likeness (QED) is 0.732. The lowest BCUT2D eigenvalue weighted by Gasteiger charge is -2.26. The van der Waals surface area contributed by atoms with Crippen LogP contribution in [0.25, 0.3) is 0 Å². The van der Waals surface area contributed by atoms with Gasteiger partial charge in [0.25, 0.3) is 0 Å². The second-order valence-electron chi connectivity index (χ2n) is 5.15. The molecule has 0 aromatic carbocycles. The van der Waals surface area contributed by atoms with Crippen molar-refractivity contribution in [2.75, 3.05) is 7.11 Å². The zero-order chi connectivity index (χ0) is 12.9. The average molecular weight is 231 g/mol. The van der Waals surface area contributed by atoms with Gasteiger partial charge < -0.3 is 9.47 Å². The van der Waals surface area contributed by atoms with Crippen molar-refractivity contribution in [3.8, 4) is 0 Å². The van der Waals surface area contributed by atoms with Crippen molar-refractivity contribution in [3.05, 3.63) is 0 Å². The van der Waals surface area contributed by atoms with Crippen LogP contribution in [-0.2, 0) is 14.3 Å². The highest BCUT2D eigenvalue weighted by atomic mass is 16.6. The summed E-state index contributed by atoms with van der Waals surface area (Å²) >= 11 is 0. The van der Waals surface area contributed by atoms with E-state index in [1.54, 1.807) is 14.0 Å². The van der Waals surface area contributed by atoms with Gasteiger partial charge in [-0.15, -0.1) is 0 Å². The minimum absolute atomic E-state index is 0.0601. The minimum atomic E-state index is -0.441. The van der Waals surface area contributed by atoms with Gasteiger partial charge in [-0.3, -0.25) is 10.1 Å². The van der Waals surface area contributed by atoms with Gasteiger partial charge in [0.15, 0.2) is 0 Å². The number of nitrogens with one attached hydrogen (secondary N) is 1. The molecule has 4 nitrogen and oxygen atoms in total. The maximum Gasteiger partial charge on any atom is 0.323 e. The molecule has 0 radical (unpaired) electrons. The van der Waals surface area contributed by atoms with Crippen molar-refractivity contribution >= 4 is 5.97 Å². The molecule has 0 fully saturated rings. The van der Waals surface area contributed by atoms with Gasteiger partial charge in [0, 0.05) is 13.2 Å². The fourth-order valence-corrected chi connectivity index (χ4v) is 1.19. The number of hydrogen-bond acceptors (Lipinski definition) is 4. The van der Waals surface area contributed by atoms with Crippen LogP contribution < -0.4 is 5.32 Å². The summed E-state index contributed by atoms with van der Waals surface area (Å²) in [5.74, 6) is -0.234. The molecule has 0 aliphatic rings. The van der Waals surface area contributed by atoms with E-state index in [2.05, 4.69) is 5.32 Å². The fourth-order valence-electron chi connectivity index (χ4n) is 1.19. The predicted molar refractivity (Wildman–Crippen MR) is 64.4 cm³/mol. The van der Waals surface area contributed by atoms with Gasteiger partial charge in [0.2, 0.25) is 0 Å². The number of methoxy groups -OCH3 is 1. The molecule has 0 saturated carbocycles. The zero-order valence-corrected chi connectivity index (χ0v) is 11.5. The first-order valence-corrected chi connectivity index (χ1v) is 5.69. The van der Waals surface area contributed by atoms with E-state index in [9.17, 15) is 4.79 Å². The topological polar surface area (TPSA) is 47.6 Å². The van der Waals surface area contributed by atoms with Gasteiger partial charge in [0.05, 0.1) is 6.10 Å². The van der Waals surface area contributed by atoms with Crippen LogP contribution in [0.3, 0.4) is 0 Å². The summed E-state index contributed by atoms with van der Waals surface area (Å²) in [6.45, 7) is 11.3. The molecule has 0 saturated heterocycles. The number of carbonyl (C=O) groups excluding carboxylic acids is 1. The monoisotopic (exact) mass is 231 g/mol. The summed E-state index contributed by atoms with van der Waals surface area (Å²) in [7, 11) is 1.65. The Hall–Kier alpha value is -0.610. The lowest BCUT2D eigenvalue weighted by atomic mass is 10.1. The van der Waals surface area contributed by atoms with Gasteiger partial charge >= 0.3 is 5.97 Å². The molecule has 1 N–H and O–H groups in total. The third-order valence-electron chi connectivity index (χ3n) is 2.35. The van der Waals surface area contributed by atoms with E-state index >= 15 is 0 Å². The van der Waals surface area contributed by atoms with Gasteiger partial charge in [-0.1, -0.05) is 0 Å². The van der Waals surface area contributed by atoms with Crippen molar-refractivity contribution in [1.82, 2.24) is 5.32 Å². The molecule has 0 spiro atoms. The second-order valence-corrected chi connectivity index (χ2v) is 5.15. The normalized spacial score (nSPS) is 17.7. The van der Waals surface area contributed by atoms with E-state index in [1.807, 2.05) is 34.6 Å². The van der Waals surface area contributed by atoms with Gasteiger partial charge in [0.1, 0.15) is 11.6 Å². The van der Waals surface area contributed by atoms with Crippen LogP contribution in [0.15, 0.2) is 0 Å². The molecule has 4 heteroatoms. The Labute approximate surface area is 98.7 Å². The van der Waals surface area contributed by atoms with Crippen LogP contribution in [0, 0.1) is 0 Å². The molecule has 0 aromatic heterocycles. The number of esters is 1. The standard InChI is InChI=1S/C12H25NO3/c1-8(10(3)15-7)13-9(2)11(14)16-12(4,5)6/h8-10,13H,1-7H3/t8?,9-,10?/m0/s1. The average Bonchev–Trinajstić information content (AvgIpc) is 2.13. The highest BCUT2D eigenvalue weighted by molar-refractivity contribution is 5.75. The Morgan fingerprint density at radius 3 is 2.06 bits per heavy atom. The van der Waals surface area contributed by atoms with E-state index in [1.165, 1.54) is 0 Å². The third kappa shape index (κ3) is 6.08. The first-order valence-electron chi connectivity index (χ1n) is 5.69. The summed E-state index contributed by atoms with van der Waals surface area (Å²) in [4.78, 5) is 11.7. The van der Waals surface area contributed by atoms with Crippen LogP contribution in [0.1, 0.15) is 41.5 Å². The van der Waals surface area contributed by atoms with E-state index in [0.717, 1.165) is 0 Å². The first-order chi connectivity index (χ1) is 7.17. The van der Waals surface area contributed by atoms with Crippen molar-refractivity contribution in [1.29, 1.82) is 0 Å². The lowest BCUT2D eigenvalue weighted by molar-refractivity contribution is -0.157. The molecule has 0 bridgehead atoms. The van der Waals surface area contributed by atoms with E-state index in [-0.39, 0.29) is 24.2 Å². The van der Waals surface area contributed by atoms with Crippen LogP contribution in [0.4, 0.5) is 0 Å². The van der Waals surface area contributed by atoms with E-state index < -0.39 is 5.60 Å². The molecule has 0 amide bonds. The summed E-state index contributed by atoms with van der Waals surface area (Å²) in [6, 6.07) is -0.223. The van der Waals surface area contributed by atoms with E-state index in [0.29, 0.717) is 0 Å². The summed E-state index contributed by atoms with van der Waals surface area (Å²) in [5.41, 5.74) is -0.441. The smallest absolute Gasteiger partial charge is 0.323 e. The highest BCUT2D eigenvalue weighted by Crippen LogP contribution is 2.09. The highest BCUT2D eigenvalue weighted by Gasteiger charge is 2.24. The maximum absolute atomic E-state index is 11.7. The Kier molecular flexibility index (Phi) is 5.97. The van der Waals surface area contributed by atoms with Gasteiger partial charge in [-0.25, -0.2) is 0 Å². The molecule has 0 aliphatic heterocycles. The molecule has 3 atom stereocenters. The Morgan fingerprint density at radius 1 is 1.19 bits per heavy atom. The van der Waals surface area contributed by atoms with Gasteiger partial charge in [-0.2, -0.15) is 0 Å². The van der Waals surface area contributed by atoms with Crippen molar-refractivity contribution in [2.24, 2.45) is 0 Å². The van der Waals surface area contributed by atoms with Crippen molar-refractivity contribution in [3.63, 3.8) is 0 Å². The summed E-state index contributed by atoms with van der Waals surface area (Å²) < 4.78 is 10.5. The zero-order valence-electron chi connectivity index (χ0n) is 11.5. The van der Waals surface area contributed by atoms with Crippen molar-refractivity contribution in [2.45, 2.75) is 65.3 Å². The number of rotatable bonds is 5. The minimum Gasteiger partial charge on any atom is -0.459 e. The first kappa shape index (κ1) is 15.4. The second kappa shape index (κ2) is 6.21. The molecule has 0 rings (SSSR count). The molecular formula is C12H25NO3. The predicted octanol–water partition coefficient (Wildman–Crippen LogP) is 1.73. The maximum atomic E-state index is 11.7. The molecular weight excluding hydrogens is 206 g/mol. The Morgan fingerprint density at radius 2 is 1.69 bits per heavy atom.